The summed E-state index contributed by atoms with van der Waals surface area (Å²) in [5, 5.41) is 6.97. The van der Waals surface area contributed by atoms with E-state index in [1.165, 1.54) is 25.1 Å². The molecule has 0 spiro atoms. The number of nitrogens with one attached hydrogen (secondary N) is 1. The number of amides is 2. The molecule has 1 aliphatic rings. The summed E-state index contributed by atoms with van der Waals surface area (Å²) in [5.41, 5.74) is 9.63. The molecule has 1 atom stereocenters. The number of benzene rings is 1. The zero-order chi connectivity index (χ0) is 25.2. The van der Waals surface area contributed by atoms with Crippen molar-refractivity contribution < 1.29 is 31.5 Å². The van der Waals surface area contributed by atoms with E-state index < -0.39 is 42.3 Å². The van der Waals surface area contributed by atoms with Crippen LogP contribution in [0.15, 0.2) is 18.2 Å². The standard InChI is InChI=1S/C19H15ClF5N7O2/c1-17(15(27)33)10-12(26)28-14(29-13(10)30-16(17)34)11-8-3-2-7(20)6-9(8)32(31-11)5-4-18(21,22)19(23,24)25/h2-3,6H,4-5H2,1H3,(H2,27,33)(H3,26,28,29,30,34). The second-order valence-electron chi connectivity index (χ2n) is 7.78. The third-order valence-electron chi connectivity index (χ3n) is 5.59. The number of alkyl halides is 5. The smallest absolute Gasteiger partial charge is 0.383 e. The van der Waals surface area contributed by atoms with Gasteiger partial charge < -0.3 is 16.8 Å². The number of hydrogen-bond acceptors (Lipinski definition) is 6. The summed E-state index contributed by atoms with van der Waals surface area (Å²) in [7, 11) is 0. The lowest BCUT2D eigenvalue weighted by atomic mass is 9.84. The van der Waals surface area contributed by atoms with Gasteiger partial charge in [-0.15, -0.1) is 0 Å². The van der Waals surface area contributed by atoms with Crippen molar-refractivity contribution in [1.29, 1.82) is 0 Å². The van der Waals surface area contributed by atoms with E-state index in [2.05, 4.69) is 20.4 Å². The highest BCUT2D eigenvalue weighted by molar-refractivity contribution is 6.31. The summed E-state index contributed by atoms with van der Waals surface area (Å²) < 4.78 is 65.7. The second kappa shape index (κ2) is 7.48. The van der Waals surface area contributed by atoms with Gasteiger partial charge in [0.1, 0.15) is 17.3 Å². The molecule has 9 nitrogen and oxygen atoms in total. The van der Waals surface area contributed by atoms with Crippen LogP contribution in [0.25, 0.3) is 22.4 Å². The molecule has 0 fully saturated rings. The van der Waals surface area contributed by atoms with Crippen molar-refractivity contribution in [2.24, 2.45) is 5.73 Å². The molecule has 3 aromatic rings. The molecule has 0 radical (unpaired) electrons. The predicted octanol–water partition coefficient (Wildman–Crippen LogP) is 3.01. The number of nitrogen functional groups attached to an aromatic ring is 1. The summed E-state index contributed by atoms with van der Waals surface area (Å²) in [6.07, 6.45) is -7.29. The second-order valence-corrected chi connectivity index (χ2v) is 8.22. The minimum atomic E-state index is -5.72. The van der Waals surface area contributed by atoms with E-state index in [-0.39, 0.29) is 44.6 Å². The third kappa shape index (κ3) is 3.48. The molecule has 3 heterocycles. The first-order valence-electron chi connectivity index (χ1n) is 9.57. The Morgan fingerprint density at radius 3 is 2.53 bits per heavy atom. The molecule has 0 bridgehead atoms. The van der Waals surface area contributed by atoms with E-state index in [0.29, 0.717) is 0 Å². The average Bonchev–Trinajstić information content (AvgIpc) is 3.21. The molecule has 34 heavy (non-hydrogen) atoms. The van der Waals surface area contributed by atoms with Gasteiger partial charge in [-0.3, -0.25) is 14.3 Å². The Bertz CT molecular complexity index is 1360. The number of primary amides is 1. The first kappa shape index (κ1) is 23.6. The molecule has 2 aromatic heterocycles. The molecular formula is C19H15ClF5N7O2. The van der Waals surface area contributed by atoms with Crippen molar-refractivity contribution in [2.75, 3.05) is 11.1 Å². The Morgan fingerprint density at radius 2 is 1.91 bits per heavy atom. The van der Waals surface area contributed by atoms with Gasteiger partial charge in [0.05, 0.1) is 11.1 Å². The Morgan fingerprint density at radius 1 is 1.24 bits per heavy atom. The van der Waals surface area contributed by atoms with Gasteiger partial charge in [-0.1, -0.05) is 11.6 Å². The van der Waals surface area contributed by atoms with E-state index in [9.17, 15) is 31.5 Å². The van der Waals surface area contributed by atoms with Crippen molar-refractivity contribution in [3.8, 4) is 11.5 Å². The van der Waals surface area contributed by atoms with Crippen LogP contribution in [0.3, 0.4) is 0 Å². The number of anilines is 2. The van der Waals surface area contributed by atoms with E-state index in [1.54, 1.807) is 0 Å². The Labute approximate surface area is 192 Å². The van der Waals surface area contributed by atoms with Crippen molar-refractivity contribution in [1.82, 2.24) is 19.7 Å². The minimum absolute atomic E-state index is 0.0154. The Kier molecular flexibility index (Phi) is 5.19. The normalized spacial score (nSPS) is 18.3. The monoisotopic (exact) mass is 503 g/mol. The number of carbonyl (C=O) groups excluding carboxylic acids is 2. The molecule has 2 amide bonds. The van der Waals surface area contributed by atoms with E-state index in [1.807, 2.05) is 0 Å². The number of nitrogens with two attached hydrogens (primary N) is 2. The Hall–Kier alpha value is -3.55. The van der Waals surface area contributed by atoms with Gasteiger partial charge in [-0.2, -0.15) is 27.1 Å². The lowest BCUT2D eigenvalue weighted by Gasteiger charge is -2.19. The van der Waals surface area contributed by atoms with E-state index in [4.69, 9.17) is 23.1 Å². The number of aromatic nitrogens is 4. The maximum absolute atomic E-state index is 13.5. The zero-order valence-electron chi connectivity index (χ0n) is 17.2. The molecule has 0 saturated heterocycles. The molecule has 1 aromatic carbocycles. The number of rotatable bonds is 5. The lowest BCUT2D eigenvalue weighted by Crippen LogP contribution is -2.44. The zero-order valence-corrected chi connectivity index (χ0v) is 17.9. The molecule has 1 aliphatic heterocycles. The highest BCUT2D eigenvalue weighted by Gasteiger charge is 2.57. The van der Waals surface area contributed by atoms with Crippen LogP contribution in [-0.4, -0.2) is 43.7 Å². The van der Waals surface area contributed by atoms with Crippen LogP contribution in [0.4, 0.5) is 33.6 Å². The van der Waals surface area contributed by atoms with Gasteiger partial charge in [-0.25, -0.2) is 9.97 Å². The fourth-order valence-electron chi connectivity index (χ4n) is 3.62. The first-order valence-corrected chi connectivity index (χ1v) is 9.95. The molecule has 1 unspecified atom stereocenters. The van der Waals surface area contributed by atoms with Gasteiger partial charge in [0.15, 0.2) is 11.2 Å². The number of carbonyl (C=O) groups is 2. The fourth-order valence-corrected chi connectivity index (χ4v) is 3.79. The number of halogens is 6. The molecule has 5 N–H and O–H groups in total. The molecule has 180 valence electrons. The first-order chi connectivity index (χ1) is 15.7. The van der Waals surface area contributed by atoms with Gasteiger partial charge in [0, 0.05) is 23.4 Å². The van der Waals surface area contributed by atoms with E-state index in [0.717, 1.165) is 4.68 Å². The molecule has 15 heteroatoms. The number of fused-ring (bicyclic) bond motifs is 2. The van der Waals surface area contributed by atoms with Crippen LogP contribution < -0.4 is 16.8 Å². The van der Waals surface area contributed by atoms with Crippen LogP contribution >= 0.6 is 11.6 Å². The molecule has 0 aliphatic carbocycles. The summed E-state index contributed by atoms with van der Waals surface area (Å²) in [6.45, 7) is 0.448. The summed E-state index contributed by atoms with van der Waals surface area (Å²) in [4.78, 5) is 32.6. The fraction of sp³-hybridized carbons (Fsp3) is 0.316. The quantitative estimate of drug-likeness (QED) is 0.361. The highest BCUT2D eigenvalue weighted by atomic mass is 35.5. The molecule has 4 rings (SSSR count). The Balaban J connectivity index is 1.83. The number of aryl methyl sites for hydroxylation is 1. The summed E-state index contributed by atoms with van der Waals surface area (Å²) in [5.74, 6) is -7.23. The average molecular weight is 504 g/mol. The van der Waals surface area contributed by atoms with Crippen LogP contribution in [0, 0.1) is 0 Å². The van der Waals surface area contributed by atoms with Gasteiger partial charge in [0.2, 0.25) is 11.8 Å². The maximum atomic E-state index is 13.5. The largest absolute Gasteiger partial charge is 0.453 e. The lowest BCUT2D eigenvalue weighted by molar-refractivity contribution is -0.285. The van der Waals surface area contributed by atoms with Crippen LogP contribution in [0.2, 0.25) is 5.02 Å². The van der Waals surface area contributed by atoms with Gasteiger partial charge in [-0.05, 0) is 25.1 Å². The summed E-state index contributed by atoms with van der Waals surface area (Å²) >= 11 is 5.98. The van der Waals surface area contributed by atoms with Crippen molar-refractivity contribution >= 4 is 46.0 Å². The van der Waals surface area contributed by atoms with Gasteiger partial charge >= 0.3 is 12.1 Å². The predicted molar refractivity (Wildman–Crippen MR) is 111 cm³/mol. The topological polar surface area (TPSA) is 142 Å². The van der Waals surface area contributed by atoms with Crippen molar-refractivity contribution in [3.05, 3.63) is 28.8 Å². The van der Waals surface area contributed by atoms with Crippen molar-refractivity contribution in [3.63, 3.8) is 0 Å². The minimum Gasteiger partial charge on any atom is -0.383 e. The summed E-state index contributed by atoms with van der Waals surface area (Å²) in [6, 6.07) is 4.24. The SMILES string of the molecule is CC1(C(N)=O)C(=O)Nc2nc(-c3nn(CCC(F)(F)C(F)(F)F)c4cc(Cl)ccc34)nc(N)c21. The molecule has 0 saturated carbocycles. The molecular weight excluding hydrogens is 489 g/mol. The van der Waals surface area contributed by atoms with Crippen LogP contribution in [0.1, 0.15) is 18.9 Å². The number of nitrogens with zero attached hydrogens (tertiary/aromatic N) is 4. The van der Waals surface area contributed by atoms with Crippen LogP contribution in [-0.2, 0) is 21.5 Å². The van der Waals surface area contributed by atoms with Crippen molar-refractivity contribution in [2.45, 2.75) is 37.4 Å². The third-order valence-corrected chi connectivity index (χ3v) is 5.83. The van der Waals surface area contributed by atoms with Gasteiger partial charge in [0.25, 0.3) is 0 Å². The highest BCUT2D eigenvalue weighted by Crippen LogP contribution is 2.42. The number of hydrogen-bond donors (Lipinski definition) is 3. The van der Waals surface area contributed by atoms with Crippen LogP contribution in [0.5, 0.6) is 0 Å². The van der Waals surface area contributed by atoms with E-state index >= 15 is 0 Å². The maximum Gasteiger partial charge on any atom is 0.453 e.